The number of nitriles is 1. The number of fused-ring (bicyclic) bond motifs is 1. The van der Waals surface area contributed by atoms with Gasteiger partial charge in [0.05, 0.1) is 25.2 Å². The fourth-order valence-corrected chi connectivity index (χ4v) is 2.60. The van der Waals surface area contributed by atoms with Crippen molar-refractivity contribution in [3.63, 3.8) is 0 Å². The molecule has 0 saturated carbocycles. The van der Waals surface area contributed by atoms with E-state index in [1.165, 1.54) is 11.1 Å². The van der Waals surface area contributed by atoms with E-state index in [0.29, 0.717) is 6.61 Å². The average molecular weight is 229 g/mol. The molecule has 1 saturated heterocycles. The van der Waals surface area contributed by atoms with Crippen molar-refractivity contribution in [1.29, 1.82) is 5.26 Å². The Hall–Kier alpha value is -1.53. The smallest absolute Gasteiger partial charge is 0.124 e. The van der Waals surface area contributed by atoms with E-state index in [0.717, 1.165) is 31.6 Å². The third kappa shape index (κ3) is 2.01. The monoisotopic (exact) mass is 229 g/mol. The molecule has 1 fully saturated rings. The van der Waals surface area contributed by atoms with Crippen molar-refractivity contribution >= 4 is 0 Å². The first kappa shape index (κ1) is 10.6. The van der Waals surface area contributed by atoms with Crippen LogP contribution in [0.5, 0.6) is 5.75 Å². The third-order valence-corrected chi connectivity index (χ3v) is 3.54. The molecule has 88 valence electrons. The summed E-state index contributed by atoms with van der Waals surface area (Å²) < 4.78 is 11.1. The summed E-state index contributed by atoms with van der Waals surface area (Å²) >= 11 is 0. The van der Waals surface area contributed by atoms with Crippen molar-refractivity contribution in [3.05, 3.63) is 29.3 Å². The lowest BCUT2D eigenvalue weighted by Crippen LogP contribution is -2.15. The Labute approximate surface area is 101 Å². The van der Waals surface area contributed by atoms with E-state index < -0.39 is 0 Å². The van der Waals surface area contributed by atoms with Gasteiger partial charge in [-0.1, -0.05) is 6.07 Å². The van der Waals surface area contributed by atoms with Crippen molar-refractivity contribution in [2.45, 2.75) is 31.3 Å². The van der Waals surface area contributed by atoms with Gasteiger partial charge in [-0.25, -0.2) is 0 Å². The van der Waals surface area contributed by atoms with Crippen LogP contribution in [0.1, 0.15) is 29.9 Å². The normalized spacial score (nSPS) is 26.5. The second kappa shape index (κ2) is 4.38. The number of benzene rings is 1. The molecule has 0 aromatic heterocycles. The molecule has 1 aromatic rings. The molecule has 1 aliphatic carbocycles. The van der Waals surface area contributed by atoms with E-state index in [1.807, 2.05) is 12.1 Å². The van der Waals surface area contributed by atoms with E-state index in [9.17, 15) is 0 Å². The predicted molar refractivity (Wildman–Crippen MR) is 63.0 cm³/mol. The molecule has 0 N–H and O–H groups in total. The molecule has 1 aliphatic heterocycles. The molecule has 0 bridgehead atoms. The number of ether oxygens (including phenoxy) is 2. The highest BCUT2D eigenvalue weighted by Crippen LogP contribution is 2.35. The molecule has 3 nitrogen and oxygen atoms in total. The standard InChI is InChI=1S/C14H15NO2/c15-8-11-2-1-10-7-12(3-4-14(10)11)17-13-5-6-16-9-13/h3-4,7,11,13H,1-2,5-6,9H2. The first-order chi connectivity index (χ1) is 8.36. The largest absolute Gasteiger partial charge is 0.488 e. The van der Waals surface area contributed by atoms with Gasteiger partial charge in [-0.3, -0.25) is 0 Å². The molecule has 0 spiro atoms. The topological polar surface area (TPSA) is 42.2 Å². The molecule has 2 aliphatic rings. The number of aryl methyl sites for hydroxylation is 1. The molecule has 0 amide bonds. The van der Waals surface area contributed by atoms with Gasteiger partial charge >= 0.3 is 0 Å². The fourth-order valence-electron chi connectivity index (χ4n) is 2.60. The Morgan fingerprint density at radius 2 is 2.29 bits per heavy atom. The predicted octanol–water partition coefficient (Wildman–Crippen LogP) is 2.41. The number of nitrogens with zero attached hydrogens (tertiary/aromatic N) is 1. The van der Waals surface area contributed by atoms with Gasteiger partial charge in [0.25, 0.3) is 0 Å². The van der Waals surface area contributed by atoms with Crippen LogP contribution >= 0.6 is 0 Å². The molecule has 3 rings (SSSR count). The second-order valence-electron chi connectivity index (χ2n) is 4.68. The van der Waals surface area contributed by atoms with Crippen LogP contribution in [0.15, 0.2) is 18.2 Å². The van der Waals surface area contributed by atoms with Gasteiger partial charge < -0.3 is 9.47 Å². The Morgan fingerprint density at radius 1 is 1.35 bits per heavy atom. The quantitative estimate of drug-likeness (QED) is 0.782. The summed E-state index contributed by atoms with van der Waals surface area (Å²) in [5.74, 6) is 0.992. The maximum absolute atomic E-state index is 9.01. The van der Waals surface area contributed by atoms with Crippen molar-refractivity contribution in [2.24, 2.45) is 0 Å². The van der Waals surface area contributed by atoms with E-state index in [-0.39, 0.29) is 12.0 Å². The molecule has 2 atom stereocenters. The van der Waals surface area contributed by atoms with Crippen molar-refractivity contribution < 1.29 is 9.47 Å². The summed E-state index contributed by atoms with van der Waals surface area (Å²) in [6.07, 6.45) is 3.10. The highest BCUT2D eigenvalue weighted by Gasteiger charge is 2.23. The van der Waals surface area contributed by atoms with Crippen LogP contribution in [0.25, 0.3) is 0 Å². The van der Waals surface area contributed by atoms with E-state index in [4.69, 9.17) is 14.7 Å². The summed E-state index contributed by atoms with van der Waals surface area (Å²) in [5.41, 5.74) is 2.45. The Kier molecular flexibility index (Phi) is 2.74. The maximum atomic E-state index is 9.01. The summed E-state index contributed by atoms with van der Waals surface area (Å²) in [6, 6.07) is 8.46. The first-order valence-electron chi connectivity index (χ1n) is 6.13. The number of hydrogen-bond acceptors (Lipinski definition) is 3. The van der Waals surface area contributed by atoms with Crippen LogP contribution in [0.2, 0.25) is 0 Å². The zero-order valence-corrected chi connectivity index (χ0v) is 9.69. The van der Waals surface area contributed by atoms with Crippen LogP contribution in [0, 0.1) is 11.3 Å². The lowest BCUT2D eigenvalue weighted by molar-refractivity contribution is 0.141. The Morgan fingerprint density at radius 3 is 3.06 bits per heavy atom. The van der Waals surface area contributed by atoms with Gasteiger partial charge in [0.15, 0.2) is 0 Å². The Bertz CT molecular complexity index is 458. The summed E-state index contributed by atoms with van der Waals surface area (Å²) in [4.78, 5) is 0. The maximum Gasteiger partial charge on any atom is 0.124 e. The number of hydrogen-bond donors (Lipinski definition) is 0. The lowest BCUT2D eigenvalue weighted by atomic mass is 10.0. The minimum Gasteiger partial charge on any atom is -0.488 e. The fraction of sp³-hybridized carbons (Fsp3) is 0.500. The minimum atomic E-state index is 0.0777. The van der Waals surface area contributed by atoms with Crippen LogP contribution < -0.4 is 4.74 Å². The van der Waals surface area contributed by atoms with E-state index in [1.54, 1.807) is 0 Å². The molecule has 1 aromatic carbocycles. The molecule has 1 heterocycles. The van der Waals surface area contributed by atoms with Crippen LogP contribution in [-0.4, -0.2) is 19.3 Å². The van der Waals surface area contributed by atoms with Crippen molar-refractivity contribution in [3.8, 4) is 11.8 Å². The molecule has 0 radical (unpaired) electrons. The first-order valence-corrected chi connectivity index (χ1v) is 6.13. The summed E-state index contributed by atoms with van der Waals surface area (Å²) in [6.45, 7) is 1.49. The van der Waals surface area contributed by atoms with Crippen molar-refractivity contribution in [1.82, 2.24) is 0 Å². The highest BCUT2D eigenvalue weighted by molar-refractivity contribution is 5.43. The number of rotatable bonds is 2. The van der Waals surface area contributed by atoms with Gasteiger partial charge in [0.2, 0.25) is 0 Å². The van der Waals surface area contributed by atoms with Crippen LogP contribution in [0.3, 0.4) is 0 Å². The van der Waals surface area contributed by atoms with Gasteiger partial charge in [0, 0.05) is 6.42 Å². The molecule has 2 unspecified atom stereocenters. The van der Waals surface area contributed by atoms with Gasteiger partial charge in [0.1, 0.15) is 11.9 Å². The molecular formula is C14H15NO2. The zero-order valence-electron chi connectivity index (χ0n) is 9.69. The summed E-state index contributed by atoms with van der Waals surface area (Å²) in [7, 11) is 0. The van der Waals surface area contributed by atoms with E-state index >= 15 is 0 Å². The van der Waals surface area contributed by atoms with Gasteiger partial charge in [-0.2, -0.15) is 5.26 Å². The molecule has 17 heavy (non-hydrogen) atoms. The van der Waals surface area contributed by atoms with Gasteiger partial charge in [-0.15, -0.1) is 0 Å². The van der Waals surface area contributed by atoms with Crippen LogP contribution in [-0.2, 0) is 11.2 Å². The third-order valence-electron chi connectivity index (χ3n) is 3.54. The second-order valence-corrected chi connectivity index (χ2v) is 4.68. The van der Waals surface area contributed by atoms with Crippen molar-refractivity contribution in [2.75, 3.05) is 13.2 Å². The molecule has 3 heteroatoms. The van der Waals surface area contributed by atoms with E-state index in [2.05, 4.69) is 12.1 Å². The SMILES string of the molecule is N#CC1CCc2cc(OC3CCOC3)ccc21. The summed E-state index contributed by atoms with van der Waals surface area (Å²) in [5, 5.41) is 9.01. The zero-order chi connectivity index (χ0) is 11.7. The van der Waals surface area contributed by atoms with Crippen LogP contribution in [0.4, 0.5) is 0 Å². The highest BCUT2D eigenvalue weighted by atomic mass is 16.5. The average Bonchev–Trinajstić information content (AvgIpc) is 2.97. The lowest BCUT2D eigenvalue weighted by Gasteiger charge is -2.13. The van der Waals surface area contributed by atoms with Gasteiger partial charge in [-0.05, 0) is 36.1 Å². The Balaban J connectivity index is 1.78. The molecular weight excluding hydrogens is 214 g/mol. The minimum absolute atomic E-state index is 0.0777.